The Morgan fingerprint density at radius 2 is 2.09 bits per heavy atom. The van der Waals surface area contributed by atoms with E-state index in [1.807, 2.05) is 32.0 Å². The third-order valence-corrected chi connectivity index (χ3v) is 4.23. The van der Waals surface area contributed by atoms with Crippen LogP contribution in [0.4, 0.5) is 5.69 Å². The van der Waals surface area contributed by atoms with Crippen molar-refractivity contribution in [3.63, 3.8) is 0 Å². The third kappa shape index (κ3) is 4.47. The second-order valence-corrected chi connectivity index (χ2v) is 6.51. The minimum Gasteiger partial charge on any atom is -0.482 e. The number of nitrogens with one attached hydrogen (secondary N) is 1. The molecule has 0 fully saturated rings. The number of nitrogens with zero attached hydrogens (tertiary/aromatic N) is 1. The van der Waals surface area contributed by atoms with E-state index in [4.69, 9.17) is 4.74 Å². The van der Waals surface area contributed by atoms with Gasteiger partial charge in [0.1, 0.15) is 5.75 Å². The molecule has 0 unspecified atom stereocenters. The smallest absolute Gasteiger partial charge is 0.265 e. The predicted octanol–water partition coefficient (Wildman–Crippen LogP) is 2.66. The maximum absolute atomic E-state index is 12.1. The Kier molecular flexibility index (Phi) is 5.64. The van der Waals surface area contributed by atoms with E-state index in [1.165, 1.54) is 0 Å². The summed E-state index contributed by atoms with van der Waals surface area (Å²) in [5, 5.41) is 2.99. The second kappa shape index (κ2) is 7.49. The van der Waals surface area contributed by atoms with Crippen LogP contribution in [-0.4, -0.2) is 31.0 Å². The Balaban J connectivity index is 1.92. The molecule has 5 heteroatoms. The van der Waals surface area contributed by atoms with Gasteiger partial charge in [-0.3, -0.25) is 9.59 Å². The number of hydrogen-bond acceptors (Lipinski definition) is 3. The summed E-state index contributed by atoms with van der Waals surface area (Å²) >= 11 is 0. The highest BCUT2D eigenvalue weighted by molar-refractivity contribution is 5.97. The van der Waals surface area contributed by atoms with Gasteiger partial charge in [-0.05, 0) is 43.9 Å². The van der Waals surface area contributed by atoms with Gasteiger partial charge in [-0.1, -0.05) is 19.9 Å². The molecule has 1 aliphatic rings. The van der Waals surface area contributed by atoms with Crippen LogP contribution in [0.15, 0.2) is 18.2 Å². The van der Waals surface area contributed by atoms with E-state index in [0.29, 0.717) is 25.3 Å². The average Bonchev–Trinajstić information content (AvgIpc) is 2.49. The van der Waals surface area contributed by atoms with Gasteiger partial charge in [0.25, 0.3) is 5.91 Å². The minimum atomic E-state index is -0.0564. The molecule has 0 radical (unpaired) electrons. The molecule has 1 aromatic rings. The summed E-state index contributed by atoms with van der Waals surface area (Å²) in [6.45, 7) is 8.74. The van der Waals surface area contributed by atoms with E-state index >= 15 is 0 Å². The van der Waals surface area contributed by atoms with Crippen molar-refractivity contribution in [1.29, 1.82) is 0 Å². The van der Waals surface area contributed by atoms with Gasteiger partial charge >= 0.3 is 0 Å². The van der Waals surface area contributed by atoms with E-state index in [9.17, 15) is 9.59 Å². The van der Waals surface area contributed by atoms with Crippen molar-refractivity contribution >= 4 is 17.5 Å². The number of benzene rings is 1. The molecular weight excluding hydrogens is 292 g/mol. The zero-order chi connectivity index (χ0) is 17.0. The highest BCUT2D eigenvalue weighted by Gasteiger charge is 2.25. The molecule has 1 heterocycles. The molecule has 1 aliphatic heterocycles. The van der Waals surface area contributed by atoms with E-state index < -0.39 is 0 Å². The number of anilines is 1. The first-order chi connectivity index (χ1) is 10.9. The number of carbonyl (C=O) groups is 2. The van der Waals surface area contributed by atoms with Gasteiger partial charge in [0, 0.05) is 19.0 Å². The first-order valence-electron chi connectivity index (χ1n) is 8.21. The summed E-state index contributed by atoms with van der Waals surface area (Å²) in [7, 11) is 0. The van der Waals surface area contributed by atoms with Crippen LogP contribution < -0.4 is 15.0 Å². The molecular formula is C18H26N2O3. The average molecular weight is 318 g/mol. The highest BCUT2D eigenvalue weighted by atomic mass is 16.5. The van der Waals surface area contributed by atoms with Gasteiger partial charge in [-0.2, -0.15) is 0 Å². The van der Waals surface area contributed by atoms with E-state index in [2.05, 4.69) is 19.2 Å². The summed E-state index contributed by atoms with van der Waals surface area (Å²) in [4.78, 5) is 25.8. The van der Waals surface area contributed by atoms with Crippen molar-refractivity contribution in [2.24, 2.45) is 5.92 Å². The molecule has 23 heavy (non-hydrogen) atoms. The molecule has 0 bridgehead atoms. The summed E-state index contributed by atoms with van der Waals surface area (Å²) < 4.78 is 5.46. The Morgan fingerprint density at radius 1 is 1.35 bits per heavy atom. The maximum atomic E-state index is 12.1. The number of fused-ring (bicyclic) bond motifs is 1. The number of ether oxygens (including phenoxy) is 1. The molecule has 0 saturated heterocycles. The number of carbonyl (C=O) groups excluding carboxylic acids is 2. The number of aryl methyl sites for hydroxylation is 1. The summed E-state index contributed by atoms with van der Waals surface area (Å²) in [6, 6.07) is 5.97. The van der Waals surface area contributed by atoms with Gasteiger partial charge < -0.3 is 15.0 Å². The lowest BCUT2D eigenvalue weighted by molar-refractivity contribution is -0.123. The molecule has 0 aliphatic carbocycles. The van der Waals surface area contributed by atoms with Crippen LogP contribution in [0.1, 0.15) is 39.2 Å². The Bertz CT molecular complexity index is 584. The lowest BCUT2D eigenvalue weighted by Crippen LogP contribution is -2.40. The fourth-order valence-electron chi connectivity index (χ4n) is 2.45. The summed E-state index contributed by atoms with van der Waals surface area (Å²) in [6.07, 6.45) is 1.05. The zero-order valence-electron chi connectivity index (χ0n) is 14.4. The van der Waals surface area contributed by atoms with Gasteiger partial charge in [-0.15, -0.1) is 0 Å². The van der Waals surface area contributed by atoms with Crippen molar-refractivity contribution in [2.45, 2.75) is 46.6 Å². The number of hydrogen-bond donors (Lipinski definition) is 1. The van der Waals surface area contributed by atoms with Gasteiger partial charge in [0.05, 0.1) is 5.69 Å². The minimum absolute atomic E-state index is 0.0383. The molecule has 0 saturated carbocycles. The first kappa shape index (κ1) is 17.3. The normalized spacial score (nSPS) is 15.2. The Hall–Kier alpha value is -2.04. The van der Waals surface area contributed by atoms with Gasteiger partial charge in [0.15, 0.2) is 6.61 Å². The van der Waals surface area contributed by atoms with Crippen LogP contribution in [-0.2, 0) is 9.59 Å². The van der Waals surface area contributed by atoms with Crippen molar-refractivity contribution in [1.82, 2.24) is 5.32 Å². The van der Waals surface area contributed by atoms with E-state index in [1.54, 1.807) is 4.90 Å². The lowest BCUT2D eigenvalue weighted by atomic mass is 10.1. The van der Waals surface area contributed by atoms with Gasteiger partial charge in [-0.25, -0.2) is 0 Å². The lowest BCUT2D eigenvalue weighted by Gasteiger charge is -2.29. The molecule has 5 nitrogen and oxygen atoms in total. The van der Waals surface area contributed by atoms with Crippen LogP contribution in [0.5, 0.6) is 5.75 Å². The maximum Gasteiger partial charge on any atom is 0.265 e. The quantitative estimate of drug-likeness (QED) is 0.877. The third-order valence-electron chi connectivity index (χ3n) is 4.23. The van der Waals surface area contributed by atoms with Crippen LogP contribution in [0.25, 0.3) is 0 Å². The van der Waals surface area contributed by atoms with Crippen molar-refractivity contribution < 1.29 is 14.3 Å². The fourth-order valence-corrected chi connectivity index (χ4v) is 2.45. The first-order valence-corrected chi connectivity index (χ1v) is 8.21. The molecule has 2 amide bonds. The summed E-state index contributed by atoms with van der Waals surface area (Å²) in [5.41, 5.74) is 1.88. The monoisotopic (exact) mass is 318 g/mol. The Morgan fingerprint density at radius 3 is 2.78 bits per heavy atom. The number of amides is 2. The topological polar surface area (TPSA) is 58.6 Å². The molecule has 1 atom stereocenters. The van der Waals surface area contributed by atoms with Crippen molar-refractivity contribution in [2.75, 3.05) is 18.1 Å². The van der Waals surface area contributed by atoms with E-state index in [-0.39, 0.29) is 24.5 Å². The largest absolute Gasteiger partial charge is 0.482 e. The molecule has 126 valence electrons. The van der Waals surface area contributed by atoms with Crippen LogP contribution >= 0.6 is 0 Å². The van der Waals surface area contributed by atoms with E-state index in [0.717, 1.165) is 17.0 Å². The number of rotatable bonds is 6. The summed E-state index contributed by atoms with van der Waals surface area (Å²) in [5.74, 6) is 1.12. The second-order valence-electron chi connectivity index (χ2n) is 6.51. The highest BCUT2D eigenvalue weighted by Crippen LogP contribution is 2.32. The predicted molar refractivity (Wildman–Crippen MR) is 90.7 cm³/mol. The SMILES string of the molecule is Cc1ccc2c(c1)N(CCCC(=O)N[C@@H](C)C(C)C)C(=O)CO2. The van der Waals surface area contributed by atoms with Gasteiger partial charge in [0.2, 0.25) is 5.91 Å². The molecule has 0 aromatic heterocycles. The van der Waals surface area contributed by atoms with Crippen LogP contribution in [0, 0.1) is 12.8 Å². The zero-order valence-corrected chi connectivity index (χ0v) is 14.4. The molecule has 2 rings (SSSR count). The fraction of sp³-hybridized carbons (Fsp3) is 0.556. The Labute approximate surface area is 138 Å². The molecule has 1 aromatic carbocycles. The van der Waals surface area contributed by atoms with Crippen LogP contribution in [0.3, 0.4) is 0 Å². The molecule has 0 spiro atoms. The standard InChI is InChI=1S/C18H26N2O3/c1-12(2)14(4)19-17(21)6-5-9-20-15-10-13(3)7-8-16(15)23-11-18(20)22/h7-8,10,12,14H,5-6,9,11H2,1-4H3,(H,19,21)/t14-/m0/s1. The molecule has 1 N–H and O–H groups in total. The van der Waals surface area contributed by atoms with Crippen molar-refractivity contribution in [3.05, 3.63) is 23.8 Å². The van der Waals surface area contributed by atoms with Crippen molar-refractivity contribution in [3.8, 4) is 5.75 Å². The van der Waals surface area contributed by atoms with Crippen LogP contribution in [0.2, 0.25) is 0 Å².